The molecule has 66 valence electrons. The molecule has 1 heterocycles. The van der Waals surface area contributed by atoms with E-state index in [-0.39, 0.29) is 12.1 Å². The van der Waals surface area contributed by atoms with Crippen molar-refractivity contribution in [3.05, 3.63) is 23.2 Å². The molecule has 0 fully saturated rings. The number of hydroxylamine groups is 1. The van der Waals surface area contributed by atoms with Gasteiger partial charge >= 0.3 is 5.97 Å². The lowest BCUT2D eigenvalue weighted by molar-refractivity contribution is 0.0695. The number of nitrogens with one attached hydrogen (secondary N) is 1. The van der Waals surface area contributed by atoms with Crippen molar-refractivity contribution in [2.45, 2.75) is 13.5 Å². The fourth-order valence-electron chi connectivity index (χ4n) is 0.921. The Morgan fingerprint density at radius 1 is 1.75 bits per heavy atom. The average Bonchev–Trinajstić information content (AvgIpc) is 2.32. The molecule has 12 heavy (non-hydrogen) atoms. The van der Waals surface area contributed by atoms with E-state index >= 15 is 0 Å². The molecule has 0 radical (unpaired) electrons. The summed E-state index contributed by atoms with van der Waals surface area (Å²) in [6, 6.07) is 1.38. The highest BCUT2D eigenvalue weighted by Gasteiger charge is 2.12. The van der Waals surface area contributed by atoms with Crippen molar-refractivity contribution in [1.82, 2.24) is 5.48 Å². The fourth-order valence-corrected chi connectivity index (χ4v) is 0.921. The van der Waals surface area contributed by atoms with Gasteiger partial charge < -0.3 is 14.7 Å². The molecule has 0 spiro atoms. The van der Waals surface area contributed by atoms with Gasteiger partial charge in [-0.1, -0.05) is 0 Å². The van der Waals surface area contributed by atoms with Gasteiger partial charge in [-0.15, -0.1) is 0 Å². The highest BCUT2D eigenvalue weighted by Crippen LogP contribution is 2.13. The maximum absolute atomic E-state index is 10.5. The maximum atomic E-state index is 10.5. The lowest BCUT2D eigenvalue weighted by Crippen LogP contribution is -2.04. The van der Waals surface area contributed by atoms with Gasteiger partial charge in [0.25, 0.3) is 0 Å². The molecule has 0 saturated carbocycles. The normalized spacial score (nSPS) is 10.2. The third-order valence-corrected chi connectivity index (χ3v) is 1.45. The Balaban J connectivity index is 2.92. The molecular formula is C7H9NO4. The van der Waals surface area contributed by atoms with E-state index in [0.29, 0.717) is 11.5 Å². The van der Waals surface area contributed by atoms with Crippen molar-refractivity contribution in [2.75, 3.05) is 0 Å². The number of carboxylic acids is 1. The van der Waals surface area contributed by atoms with Crippen LogP contribution in [-0.4, -0.2) is 16.3 Å². The summed E-state index contributed by atoms with van der Waals surface area (Å²) < 4.78 is 5.01. The van der Waals surface area contributed by atoms with Crippen LogP contribution < -0.4 is 5.48 Å². The molecule has 1 aromatic rings. The molecule has 0 aliphatic carbocycles. The van der Waals surface area contributed by atoms with E-state index in [1.165, 1.54) is 6.07 Å². The van der Waals surface area contributed by atoms with Crippen molar-refractivity contribution in [3.8, 4) is 0 Å². The van der Waals surface area contributed by atoms with Gasteiger partial charge in [-0.05, 0) is 13.0 Å². The molecule has 1 aromatic heterocycles. The highest BCUT2D eigenvalue weighted by molar-refractivity contribution is 5.88. The largest absolute Gasteiger partial charge is 0.478 e. The number of carbonyl (C=O) groups is 1. The second-order valence-electron chi connectivity index (χ2n) is 2.32. The molecular weight excluding hydrogens is 162 g/mol. The van der Waals surface area contributed by atoms with E-state index in [1.54, 1.807) is 6.92 Å². The molecule has 0 aliphatic heterocycles. The number of carboxylic acid groups (broad SMARTS) is 1. The van der Waals surface area contributed by atoms with E-state index in [2.05, 4.69) is 0 Å². The molecule has 0 unspecified atom stereocenters. The van der Waals surface area contributed by atoms with Gasteiger partial charge in [-0.25, -0.2) is 4.79 Å². The van der Waals surface area contributed by atoms with Crippen LogP contribution in [0.2, 0.25) is 0 Å². The van der Waals surface area contributed by atoms with Crippen LogP contribution >= 0.6 is 0 Å². The van der Waals surface area contributed by atoms with Crippen molar-refractivity contribution < 1.29 is 19.5 Å². The zero-order chi connectivity index (χ0) is 9.14. The van der Waals surface area contributed by atoms with Crippen LogP contribution in [0.25, 0.3) is 0 Å². The molecule has 0 aliphatic rings. The van der Waals surface area contributed by atoms with E-state index < -0.39 is 5.97 Å². The number of hydrogen-bond donors (Lipinski definition) is 3. The Bertz CT molecular complexity index is 292. The van der Waals surface area contributed by atoms with Crippen molar-refractivity contribution >= 4 is 5.97 Å². The third-order valence-electron chi connectivity index (χ3n) is 1.45. The Hall–Kier alpha value is -1.33. The molecule has 0 aromatic carbocycles. The maximum Gasteiger partial charge on any atom is 0.339 e. The van der Waals surface area contributed by atoms with Gasteiger partial charge in [0.2, 0.25) is 0 Å². The first-order chi connectivity index (χ1) is 5.65. The lowest BCUT2D eigenvalue weighted by Gasteiger charge is -1.89. The Kier molecular flexibility index (Phi) is 2.47. The fraction of sp³-hybridized carbons (Fsp3) is 0.286. The first kappa shape index (κ1) is 8.76. The average molecular weight is 171 g/mol. The van der Waals surface area contributed by atoms with Gasteiger partial charge in [0.15, 0.2) is 0 Å². The van der Waals surface area contributed by atoms with Gasteiger partial charge in [-0.2, -0.15) is 5.48 Å². The van der Waals surface area contributed by atoms with Gasteiger partial charge in [0.1, 0.15) is 17.1 Å². The van der Waals surface area contributed by atoms with Crippen molar-refractivity contribution in [3.63, 3.8) is 0 Å². The van der Waals surface area contributed by atoms with Crippen LogP contribution in [0.3, 0.4) is 0 Å². The topological polar surface area (TPSA) is 82.7 Å². The number of aryl methyl sites for hydroxylation is 1. The molecule has 0 saturated heterocycles. The summed E-state index contributed by atoms with van der Waals surface area (Å²) in [5.74, 6) is -0.291. The van der Waals surface area contributed by atoms with E-state index in [4.69, 9.17) is 14.7 Å². The van der Waals surface area contributed by atoms with Crippen LogP contribution in [0.5, 0.6) is 0 Å². The van der Waals surface area contributed by atoms with E-state index in [1.807, 2.05) is 5.48 Å². The second-order valence-corrected chi connectivity index (χ2v) is 2.32. The highest BCUT2D eigenvalue weighted by atomic mass is 16.5. The van der Waals surface area contributed by atoms with Crippen LogP contribution in [-0.2, 0) is 6.54 Å². The quantitative estimate of drug-likeness (QED) is 0.585. The summed E-state index contributed by atoms with van der Waals surface area (Å²) >= 11 is 0. The van der Waals surface area contributed by atoms with E-state index in [9.17, 15) is 4.79 Å². The summed E-state index contributed by atoms with van der Waals surface area (Å²) in [4.78, 5) is 10.5. The van der Waals surface area contributed by atoms with Gasteiger partial charge in [0, 0.05) is 0 Å². The Morgan fingerprint density at radius 2 is 2.42 bits per heavy atom. The minimum atomic E-state index is -1.03. The van der Waals surface area contributed by atoms with Gasteiger partial charge in [-0.3, -0.25) is 0 Å². The first-order valence-corrected chi connectivity index (χ1v) is 3.34. The predicted molar refractivity (Wildman–Crippen MR) is 39.0 cm³/mol. The summed E-state index contributed by atoms with van der Waals surface area (Å²) in [6.45, 7) is 1.67. The molecule has 0 atom stereocenters. The standard InChI is InChI=1S/C7H9NO4/c1-4-6(7(9)10)2-5(12-4)3-8-11/h2,8,11H,3H2,1H3,(H,9,10). The number of rotatable bonds is 3. The Morgan fingerprint density at radius 3 is 2.83 bits per heavy atom. The summed E-state index contributed by atoms with van der Waals surface area (Å²) in [6.07, 6.45) is 0. The molecule has 3 N–H and O–H groups in total. The number of furan rings is 1. The number of aromatic carboxylic acids is 1. The first-order valence-electron chi connectivity index (χ1n) is 3.34. The zero-order valence-electron chi connectivity index (χ0n) is 6.50. The number of hydrogen-bond acceptors (Lipinski definition) is 4. The third kappa shape index (κ3) is 1.63. The summed E-state index contributed by atoms with van der Waals surface area (Å²) in [5, 5.41) is 16.9. The summed E-state index contributed by atoms with van der Waals surface area (Å²) in [7, 11) is 0. The molecule has 5 nitrogen and oxygen atoms in total. The zero-order valence-corrected chi connectivity index (χ0v) is 6.50. The minimum Gasteiger partial charge on any atom is -0.478 e. The van der Waals surface area contributed by atoms with Crippen LogP contribution in [0.15, 0.2) is 10.5 Å². The van der Waals surface area contributed by atoms with Crippen LogP contribution in [0.1, 0.15) is 21.9 Å². The van der Waals surface area contributed by atoms with Crippen molar-refractivity contribution in [1.29, 1.82) is 0 Å². The monoisotopic (exact) mass is 171 g/mol. The molecule has 0 amide bonds. The Labute approximate surface area is 68.6 Å². The smallest absolute Gasteiger partial charge is 0.339 e. The molecule has 0 bridgehead atoms. The van der Waals surface area contributed by atoms with Crippen LogP contribution in [0, 0.1) is 6.92 Å². The second kappa shape index (κ2) is 3.38. The molecule has 1 rings (SSSR count). The van der Waals surface area contributed by atoms with Gasteiger partial charge in [0.05, 0.1) is 6.54 Å². The molecule has 5 heteroatoms. The summed E-state index contributed by atoms with van der Waals surface area (Å²) in [5.41, 5.74) is 2.00. The van der Waals surface area contributed by atoms with Crippen LogP contribution in [0.4, 0.5) is 0 Å². The SMILES string of the molecule is Cc1oc(CNO)cc1C(=O)O. The minimum absolute atomic E-state index is 0.105. The lowest BCUT2D eigenvalue weighted by atomic mass is 10.2. The predicted octanol–water partition coefficient (Wildman–Crippen LogP) is 0.765. The van der Waals surface area contributed by atoms with E-state index in [0.717, 1.165) is 0 Å². The van der Waals surface area contributed by atoms with Crippen molar-refractivity contribution in [2.24, 2.45) is 0 Å².